The number of carbonyl (C=O) groups excluding carboxylic acids is 1. The van der Waals surface area contributed by atoms with Crippen LogP contribution < -0.4 is 14.8 Å². The fourth-order valence-corrected chi connectivity index (χ4v) is 5.61. The molecule has 0 unspecified atom stereocenters. The minimum Gasteiger partial charge on any atom is -0.477 e. The van der Waals surface area contributed by atoms with Crippen LogP contribution >= 0.6 is 11.3 Å². The molecule has 0 aromatic carbocycles. The first-order valence-corrected chi connectivity index (χ1v) is 13.8. The molecule has 1 amide bonds. The zero-order valence-electron chi connectivity index (χ0n) is 20.2. The number of hydrogen-bond acceptors (Lipinski definition) is 10. The minimum atomic E-state index is -3.43. The fourth-order valence-electron chi connectivity index (χ4n) is 3.47. The average molecular weight is 533 g/mol. The molecule has 11 nitrogen and oxygen atoms in total. The van der Waals surface area contributed by atoms with Gasteiger partial charge in [-0.2, -0.15) is 0 Å². The van der Waals surface area contributed by atoms with Gasteiger partial charge in [-0.15, -0.1) is 11.3 Å². The van der Waals surface area contributed by atoms with E-state index in [-0.39, 0.29) is 10.3 Å². The van der Waals surface area contributed by atoms with Crippen LogP contribution in [0, 0.1) is 0 Å². The number of sulfonamides is 1. The van der Waals surface area contributed by atoms with Crippen LogP contribution in [0.25, 0.3) is 10.6 Å². The van der Waals surface area contributed by atoms with Gasteiger partial charge in [-0.25, -0.2) is 18.4 Å². The highest BCUT2D eigenvalue weighted by Gasteiger charge is 2.36. The van der Waals surface area contributed by atoms with E-state index in [4.69, 9.17) is 9.47 Å². The van der Waals surface area contributed by atoms with Gasteiger partial charge in [0.05, 0.1) is 46.0 Å². The van der Waals surface area contributed by atoms with Crippen LogP contribution in [0.4, 0.5) is 5.69 Å². The van der Waals surface area contributed by atoms with Crippen LogP contribution in [0.5, 0.6) is 5.88 Å². The van der Waals surface area contributed by atoms with Crippen molar-refractivity contribution < 1.29 is 22.7 Å². The maximum absolute atomic E-state index is 13.2. The van der Waals surface area contributed by atoms with Crippen molar-refractivity contribution in [2.45, 2.75) is 43.9 Å². The van der Waals surface area contributed by atoms with Gasteiger partial charge in [-0.05, 0) is 45.2 Å². The topological polar surface area (TPSA) is 145 Å². The van der Waals surface area contributed by atoms with Crippen LogP contribution in [0.1, 0.15) is 48.6 Å². The summed E-state index contributed by atoms with van der Waals surface area (Å²) in [7, 11) is -1.86. The number of thiazole rings is 1. The van der Waals surface area contributed by atoms with Crippen LogP contribution in [0.2, 0.25) is 0 Å². The molecule has 1 aliphatic carbocycles. The summed E-state index contributed by atoms with van der Waals surface area (Å²) < 4.78 is 38.1. The Bertz CT molecular complexity index is 1330. The van der Waals surface area contributed by atoms with Crippen molar-refractivity contribution in [2.24, 2.45) is 0 Å². The number of hydrogen-bond donors (Lipinski definition) is 2. The zero-order valence-corrected chi connectivity index (χ0v) is 21.9. The molecule has 1 atom stereocenters. The molecule has 192 valence electrons. The fraction of sp³-hybridized carbons (Fsp3) is 0.435. The molecule has 3 heterocycles. The van der Waals surface area contributed by atoms with Crippen molar-refractivity contribution in [3.63, 3.8) is 0 Å². The third-order valence-electron chi connectivity index (χ3n) is 5.60. The number of nitrogens with zero attached hydrogens (tertiary/aromatic N) is 4. The molecule has 13 heteroatoms. The second kappa shape index (κ2) is 10.8. The van der Waals surface area contributed by atoms with E-state index < -0.39 is 21.5 Å². The lowest BCUT2D eigenvalue weighted by Crippen LogP contribution is -2.45. The van der Waals surface area contributed by atoms with E-state index in [9.17, 15) is 13.2 Å². The number of carbonyl (C=O) groups is 1. The van der Waals surface area contributed by atoms with Crippen LogP contribution in [-0.2, 0) is 20.3 Å². The van der Waals surface area contributed by atoms with Crippen molar-refractivity contribution in [3.05, 3.63) is 47.6 Å². The van der Waals surface area contributed by atoms with Gasteiger partial charge in [0.15, 0.2) is 5.01 Å². The molecule has 0 aliphatic heterocycles. The molecule has 4 rings (SSSR count). The Balaban J connectivity index is 1.55. The van der Waals surface area contributed by atoms with Crippen LogP contribution in [0.15, 0.2) is 36.9 Å². The molecule has 3 aromatic heterocycles. The van der Waals surface area contributed by atoms with E-state index in [0.717, 1.165) is 0 Å². The Hall–Kier alpha value is -3.16. The molecule has 3 aromatic rings. The normalized spacial score (nSPS) is 15.2. The highest BCUT2D eigenvalue weighted by Crippen LogP contribution is 2.32. The molecular formula is C23H28N6O5S2. The minimum absolute atomic E-state index is 0.239. The monoisotopic (exact) mass is 532 g/mol. The Morgan fingerprint density at radius 2 is 2.06 bits per heavy atom. The van der Waals surface area contributed by atoms with Gasteiger partial charge < -0.3 is 14.8 Å². The average Bonchev–Trinajstić information content (AvgIpc) is 3.61. The first kappa shape index (κ1) is 25.9. The summed E-state index contributed by atoms with van der Waals surface area (Å²) in [6.07, 6.45) is 7.91. The molecule has 36 heavy (non-hydrogen) atoms. The van der Waals surface area contributed by atoms with E-state index in [1.807, 2.05) is 13.8 Å². The number of aromatic nitrogens is 4. The third kappa shape index (κ3) is 6.15. The molecule has 0 radical (unpaired) electrons. The molecule has 1 saturated carbocycles. The summed E-state index contributed by atoms with van der Waals surface area (Å²) in [4.78, 5) is 31.1. The molecule has 0 spiro atoms. The summed E-state index contributed by atoms with van der Waals surface area (Å²) in [6.45, 7) is 4.49. The Kier molecular flexibility index (Phi) is 7.81. The van der Waals surface area contributed by atoms with Gasteiger partial charge >= 0.3 is 0 Å². The van der Waals surface area contributed by atoms with E-state index in [1.165, 1.54) is 23.7 Å². The number of anilines is 1. The SMILES string of the molecule is CCOc1cncc(-c2cnc(C(=O)N[C@](C)(CCOC)c3cc(NS(=O)(=O)C4CC4)ccn3)s2)n1. The van der Waals surface area contributed by atoms with Crippen molar-refractivity contribution in [2.75, 3.05) is 25.0 Å². The third-order valence-corrected chi connectivity index (χ3v) is 8.49. The molecule has 2 N–H and O–H groups in total. The Labute approximate surface area is 213 Å². The highest BCUT2D eigenvalue weighted by molar-refractivity contribution is 7.93. The van der Waals surface area contributed by atoms with E-state index in [0.29, 0.717) is 60.3 Å². The van der Waals surface area contributed by atoms with Crippen molar-refractivity contribution in [3.8, 4) is 16.5 Å². The zero-order chi connectivity index (χ0) is 25.8. The number of methoxy groups -OCH3 is 1. The van der Waals surface area contributed by atoms with Gasteiger partial charge in [0, 0.05) is 26.1 Å². The molecule has 0 bridgehead atoms. The Morgan fingerprint density at radius 1 is 1.25 bits per heavy atom. The highest BCUT2D eigenvalue weighted by atomic mass is 32.2. The van der Waals surface area contributed by atoms with Gasteiger partial charge in [-0.3, -0.25) is 19.5 Å². The smallest absolute Gasteiger partial charge is 0.281 e. The molecule has 1 fully saturated rings. The quantitative estimate of drug-likeness (QED) is 0.359. The van der Waals surface area contributed by atoms with Gasteiger partial charge in [0.2, 0.25) is 15.9 Å². The van der Waals surface area contributed by atoms with Gasteiger partial charge in [0.25, 0.3) is 5.91 Å². The number of rotatable bonds is 12. The van der Waals surface area contributed by atoms with Gasteiger partial charge in [-0.1, -0.05) is 0 Å². The van der Waals surface area contributed by atoms with Crippen LogP contribution in [0.3, 0.4) is 0 Å². The van der Waals surface area contributed by atoms with Crippen molar-refractivity contribution in [1.29, 1.82) is 0 Å². The summed E-state index contributed by atoms with van der Waals surface area (Å²) >= 11 is 1.18. The summed E-state index contributed by atoms with van der Waals surface area (Å²) in [6, 6.07) is 3.23. The van der Waals surface area contributed by atoms with Crippen molar-refractivity contribution >= 4 is 33.0 Å². The summed E-state index contributed by atoms with van der Waals surface area (Å²) in [5, 5.41) is 2.89. The van der Waals surface area contributed by atoms with E-state index in [1.54, 1.807) is 31.6 Å². The number of nitrogens with one attached hydrogen (secondary N) is 2. The van der Waals surface area contributed by atoms with E-state index >= 15 is 0 Å². The summed E-state index contributed by atoms with van der Waals surface area (Å²) in [5.41, 5.74) is 0.497. The number of ether oxygens (including phenoxy) is 2. The largest absolute Gasteiger partial charge is 0.477 e. The first-order chi connectivity index (χ1) is 17.2. The predicted octanol–water partition coefficient (Wildman–Crippen LogP) is 2.98. The molecule has 0 saturated heterocycles. The van der Waals surface area contributed by atoms with E-state index in [2.05, 4.69) is 30.0 Å². The first-order valence-electron chi connectivity index (χ1n) is 11.4. The maximum atomic E-state index is 13.2. The standard InChI is InChI=1S/C23H28N6O5S2/c1-4-34-20-14-24-12-17(27-20)18-13-26-22(35-18)21(30)28-23(2,8-10-33-3)19-11-15(7-9-25-19)29-36(31,32)16-5-6-16/h7,9,11-14,16H,4-6,8,10H2,1-3H3,(H,25,29)(H,28,30)/t23-/m1/s1. The molecular weight excluding hydrogens is 504 g/mol. The summed E-state index contributed by atoms with van der Waals surface area (Å²) in [5.74, 6) is -0.00523. The lowest BCUT2D eigenvalue weighted by molar-refractivity contribution is 0.0869. The Morgan fingerprint density at radius 3 is 2.78 bits per heavy atom. The van der Waals surface area contributed by atoms with Crippen LogP contribution in [-0.4, -0.2) is 59.8 Å². The molecule has 1 aliphatic rings. The number of pyridine rings is 1. The maximum Gasteiger partial charge on any atom is 0.281 e. The lowest BCUT2D eigenvalue weighted by Gasteiger charge is -2.30. The lowest BCUT2D eigenvalue weighted by atomic mass is 9.92. The van der Waals surface area contributed by atoms with Gasteiger partial charge in [0.1, 0.15) is 5.69 Å². The predicted molar refractivity (Wildman–Crippen MR) is 135 cm³/mol. The second-order valence-corrected chi connectivity index (χ2v) is 11.5. The van der Waals surface area contributed by atoms with Crippen molar-refractivity contribution in [1.82, 2.24) is 25.3 Å². The second-order valence-electron chi connectivity index (χ2n) is 8.51. The number of amides is 1.